The number of hydrogen-bond donors (Lipinski definition) is 0. The third kappa shape index (κ3) is 6.53. The summed E-state index contributed by atoms with van der Waals surface area (Å²) in [7, 11) is 4.40. The molecular formula is C23H34ClNO2. The molecule has 1 unspecified atom stereocenters. The van der Waals surface area contributed by atoms with E-state index in [4.69, 9.17) is 9.47 Å². The number of para-hydroxylation sites is 1. The minimum atomic E-state index is -0.726. The Labute approximate surface area is 171 Å². The normalized spacial score (nSPS) is 13.7. The van der Waals surface area contributed by atoms with Crippen LogP contribution in [0, 0.1) is 5.92 Å². The fraction of sp³-hybridized carbons (Fsp3) is 0.478. The van der Waals surface area contributed by atoms with Crippen LogP contribution < -0.4 is 17.1 Å². The van der Waals surface area contributed by atoms with Gasteiger partial charge in [0.15, 0.2) is 0 Å². The van der Waals surface area contributed by atoms with Crippen molar-refractivity contribution in [3.05, 3.63) is 66.2 Å². The summed E-state index contributed by atoms with van der Waals surface area (Å²) in [5, 5.41) is 0. The van der Waals surface area contributed by atoms with Gasteiger partial charge in [0.05, 0.1) is 27.1 Å². The lowest BCUT2D eigenvalue weighted by Gasteiger charge is -2.46. The number of quaternary nitrogens is 1. The van der Waals surface area contributed by atoms with Crippen molar-refractivity contribution in [1.82, 2.24) is 0 Å². The molecule has 0 aliphatic rings. The molecule has 0 bridgehead atoms. The summed E-state index contributed by atoms with van der Waals surface area (Å²) in [6.07, 6.45) is 1.89. The Morgan fingerprint density at radius 1 is 0.926 bits per heavy atom. The smallest absolute Gasteiger partial charge is 0.360 e. The first kappa shape index (κ1) is 23.5. The lowest BCUT2D eigenvalue weighted by molar-refractivity contribution is -1.00. The second kappa shape index (κ2) is 10.7. The molecule has 4 heteroatoms. The summed E-state index contributed by atoms with van der Waals surface area (Å²) in [5.74, 6) is 0.714. The summed E-state index contributed by atoms with van der Waals surface area (Å²) in [6.45, 7) is 7.99. The number of rotatable bonds is 10. The Morgan fingerprint density at radius 2 is 1.48 bits per heavy atom. The van der Waals surface area contributed by atoms with Crippen molar-refractivity contribution in [2.75, 3.05) is 20.7 Å². The van der Waals surface area contributed by atoms with Crippen LogP contribution in [0.4, 0.5) is 0 Å². The van der Waals surface area contributed by atoms with E-state index in [0.29, 0.717) is 17.0 Å². The van der Waals surface area contributed by atoms with Crippen LogP contribution >= 0.6 is 0 Å². The minimum Gasteiger partial charge on any atom is -1.00 e. The zero-order valence-corrected chi connectivity index (χ0v) is 18.1. The molecular weight excluding hydrogens is 358 g/mol. The topological polar surface area (TPSA) is 18.5 Å². The zero-order chi connectivity index (χ0) is 19.0. The lowest BCUT2D eigenvalue weighted by atomic mass is 10.0. The average molecular weight is 392 g/mol. The van der Waals surface area contributed by atoms with Gasteiger partial charge in [-0.25, -0.2) is 0 Å². The first-order valence-corrected chi connectivity index (χ1v) is 9.63. The third-order valence-electron chi connectivity index (χ3n) is 4.77. The van der Waals surface area contributed by atoms with Crippen molar-refractivity contribution < 1.29 is 26.4 Å². The third-order valence-corrected chi connectivity index (χ3v) is 4.77. The Balaban J connectivity index is 0.00000364. The van der Waals surface area contributed by atoms with Gasteiger partial charge in [0, 0.05) is 5.56 Å². The first-order valence-electron chi connectivity index (χ1n) is 9.63. The SMILES string of the molecule is CCOC(CCC(C)C)(Oc1ccccc1)[N+](C)(C)Cc1ccccc1.[Cl-]. The number of halogens is 1. The molecule has 0 aromatic heterocycles. The van der Waals surface area contributed by atoms with Gasteiger partial charge < -0.3 is 17.1 Å². The number of ether oxygens (including phenoxy) is 2. The van der Waals surface area contributed by atoms with Gasteiger partial charge in [-0.2, -0.15) is 0 Å². The first-order chi connectivity index (χ1) is 12.4. The number of benzene rings is 2. The molecule has 0 N–H and O–H groups in total. The van der Waals surface area contributed by atoms with Crippen molar-refractivity contribution in [3.8, 4) is 5.75 Å². The Kier molecular flexibility index (Phi) is 9.31. The van der Waals surface area contributed by atoms with Crippen LogP contribution in [0.5, 0.6) is 5.75 Å². The fourth-order valence-corrected chi connectivity index (χ4v) is 3.28. The van der Waals surface area contributed by atoms with E-state index in [1.54, 1.807) is 0 Å². The highest BCUT2D eigenvalue weighted by Crippen LogP contribution is 2.34. The predicted molar refractivity (Wildman–Crippen MR) is 108 cm³/mol. The van der Waals surface area contributed by atoms with Crippen LogP contribution in [-0.4, -0.2) is 31.1 Å². The van der Waals surface area contributed by atoms with Crippen molar-refractivity contribution in [2.24, 2.45) is 5.92 Å². The monoisotopic (exact) mass is 391 g/mol. The fourth-order valence-electron chi connectivity index (χ4n) is 3.28. The van der Waals surface area contributed by atoms with Gasteiger partial charge in [0.25, 0.3) is 0 Å². The van der Waals surface area contributed by atoms with Crippen molar-refractivity contribution in [2.45, 2.75) is 46.1 Å². The second-order valence-electron chi connectivity index (χ2n) is 7.82. The van der Waals surface area contributed by atoms with Crippen molar-refractivity contribution >= 4 is 0 Å². The molecule has 0 saturated carbocycles. The van der Waals surface area contributed by atoms with Crippen LogP contribution in [0.3, 0.4) is 0 Å². The summed E-state index contributed by atoms with van der Waals surface area (Å²) in [5.41, 5.74) is 1.28. The minimum absolute atomic E-state index is 0. The van der Waals surface area contributed by atoms with Crippen LogP contribution in [0.15, 0.2) is 60.7 Å². The summed E-state index contributed by atoms with van der Waals surface area (Å²) < 4.78 is 13.6. The molecule has 0 saturated heterocycles. The van der Waals surface area contributed by atoms with Gasteiger partial charge in [0.2, 0.25) is 0 Å². The molecule has 0 heterocycles. The zero-order valence-electron chi connectivity index (χ0n) is 17.3. The Bertz CT molecular complexity index is 646. The largest absolute Gasteiger partial charge is 1.00 e. The van der Waals surface area contributed by atoms with Crippen molar-refractivity contribution in [1.29, 1.82) is 0 Å². The number of hydrogen-bond acceptors (Lipinski definition) is 2. The maximum Gasteiger partial charge on any atom is 0.360 e. The highest BCUT2D eigenvalue weighted by molar-refractivity contribution is 5.21. The highest BCUT2D eigenvalue weighted by atomic mass is 35.5. The quantitative estimate of drug-likeness (QED) is 0.457. The summed E-state index contributed by atoms with van der Waals surface area (Å²) in [6, 6.07) is 20.6. The number of nitrogens with zero attached hydrogens (tertiary/aromatic N) is 1. The van der Waals surface area contributed by atoms with Crippen LogP contribution in [-0.2, 0) is 11.3 Å². The molecule has 0 fully saturated rings. The Morgan fingerprint density at radius 3 is 2.00 bits per heavy atom. The molecule has 3 nitrogen and oxygen atoms in total. The molecule has 0 spiro atoms. The molecule has 0 amide bonds. The van der Waals surface area contributed by atoms with E-state index in [1.165, 1.54) is 5.56 Å². The maximum atomic E-state index is 6.58. The highest BCUT2D eigenvalue weighted by Gasteiger charge is 2.49. The van der Waals surface area contributed by atoms with Gasteiger partial charge >= 0.3 is 5.91 Å². The molecule has 0 aliphatic carbocycles. The molecule has 2 rings (SSSR count). The van der Waals surface area contributed by atoms with E-state index in [0.717, 1.165) is 25.1 Å². The molecule has 2 aromatic carbocycles. The van der Waals surface area contributed by atoms with Gasteiger partial charge in [0.1, 0.15) is 12.3 Å². The van der Waals surface area contributed by atoms with Crippen molar-refractivity contribution in [3.63, 3.8) is 0 Å². The van der Waals surface area contributed by atoms with Gasteiger partial charge in [-0.15, -0.1) is 0 Å². The summed E-state index contributed by atoms with van der Waals surface area (Å²) in [4.78, 5) is 0. The van der Waals surface area contributed by atoms with Crippen LogP contribution in [0.25, 0.3) is 0 Å². The standard InChI is InChI=1S/C23H34NO2.ClH/c1-6-25-23(18-17-20(2)3,26-22-15-11-8-12-16-22)24(4,5)19-21-13-9-7-10-14-21;/h7-16,20H,6,17-19H2,1-5H3;1H/q+1;/p-1. The second-order valence-corrected chi connectivity index (χ2v) is 7.82. The maximum absolute atomic E-state index is 6.58. The molecule has 0 radical (unpaired) electrons. The molecule has 150 valence electrons. The van der Waals surface area contributed by atoms with E-state index in [2.05, 4.69) is 58.3 Å². The van der Waals surface area contributed by atoms with Gasteiger partial charge in [-0.1, -0.05) is 62.4 Å². The van der Waals surface area contributed by atoms with Crippen LogP contribution in [0.2, 0.25) is 0 Å². The summed E-state index contributed by atoms with van der Waals surface area (Å²) >= 11 is 0. The molecule has 27 heavy (non-hydrogen) atoms. The van der Waals surface area contributed by atoms with Gasteiger partial charge in [-0.05, 0) is 31.4 Å². The van der Waals surface area contributed by atoms with Gasteiger partial charge in [-0.3, -0.25) is 9.22 Å². The molecule has 1 atom stereocenters. The van der Waals surface area contributed by atoms with E-state index < -0.39 is 5.91 Å². The Hall–Kier alpha value is -1.55. The van der Waals surface area contributed by atoms with Crippen LogP contribution in [0.1, 0.15) is 39.2 Å². The molecule has 2 aromatic rings. The van der Waals surface area contributed by atoms with E-state index in [1.807, 2.05) is 37.3 Å². The van der Waals surface area contributed by atoms with E-state index in [-0.39, 0.29) is 12.4 Å². The van der Waals surface area contributed by atoms with E-state index in [9.17, 15) is 0 Å². The molecule has 0 aliphatic heterocycles. The lowest BCUT2D eigenvalue weighted by Crippen LogP contribution is -3.00. The average Bonchev–Trinajstić information content (AvgIpc) is 2.61. The predicted octanol–water partition coefficient (Wildman–Crippen LogP) is 2.47. The van der Waals surface area contributed by atoms with E-state index >= 15 is 0 Å².